The standard InChI is InChI=1S/C15H15F2N/c1-2-18-10-12-8-7-11(9-15(12)17)13-5-3-4-6-14(13)16/h3-9,18H,2,10H2,1H3. The molecular weight excluding hydrogens is 232 g/mol. The summed E-state index contributed by atoms with van der Waals surface area (Å²) in [6.45, 7) is 3.24. The Labute approximate surface area is 105 Å². The first-order valence-corrected chi connectivity index (χ1v) is 5.96. The van der Waals surface area contributed by atoms with Crippen molar-refractivity contribution in [1.29, 1.82) is 0 Å². The van der Waals surface area contributed by atoms with Gasteiger partial charge in [0.05, 0.1) is 0 Å². The zero-order valence-electron chi connectivity index (χ0n) is 10.2. The van der Waals surface area contributed by atoms with Crippen LogP contribution in [0.1, 0.15) is 12.5 Å². The highest BCUT2D eigenvalue weighted by Gasteiger charge is 2.07. The minimum Gasteiger partial charge on any atom is -0.313 e. The number of hydrogen-bond donors (Lipinski definition) is 1. The monoisotopic (exact) mass is 247 g/mol. The Morgan fingerprint density at radius 1 is 1.00 bits per heavy atom. The zero-order chi connectivity index (χ0) is 13.0. The maximum Gasteiger partial charge on any atom is 0.131 e. The van der Waals surface area contributed by atoms with Crippen molar-refractivity contribution >= 4 is 0 Å². The molecule has 0 saturated heterocycles. The van der Waals surface area contributed by atoms with Crippen LogP contribution in [-0.4, -0.2) is 6.54 Å². The Bertz CT molecular complexity index is 538. The van der Waals surface area contributed by atoms with Crippen molar-refractivity contribution in [2.45, 2.75) is 13.5 Å². The predicted molar refractivity (Wildman–Crippen MR) is 69.2 cm³/mol. The summed E-state index contributed by atoms with van der Waals surface area (Å²) in [7, 11) is 0. The van der Waals surface area contributed by atoms with Crippen molar-refractivity contribution in [3.63, 3.8) is 0 Å². The molecule has 1 nitrogen and oxygen atoms in total. The van der Waals surface area contributed by atoms with Crippen molar-refractivity contribution in [2.24, 2.45) is 0 Å². The summed E-state index contributed by atoms with van der Waals surface area (Å²) in [6, 6.07) is 11.2. The van der Waals surface area contributed by atoms with Gasteiger partial charge in [0.25, 0.3) is 0 Å². The summed E-state index contributed by atoms with van der Waals surface area (Å²) in [6.07, 6.45) is 0. The predicted octanol–water partition coefficient (Wildman–Crippen LogP) is 3.74. The topological polar surface area (TPSA) is 12.0 Å². The molecule has 2 aromatic rings. The SMILES string of the molecule is CCNCc1ccc(-c2ccccc2F)cc1F. The fraction of sp³-hybridized carbons (Fsp3) is 0.200. The normalized spacial score (nSPS) is 10.6. The minimum absolute atomic E-state index is 0.309. The Balaban J connectivity index is 2.32. The van der Waals surface area contributed by atoms with Gasteiger partial charge in [-0.15, -0.1) is 0 Å². The Morgan fingerprint density at radius 2 is 1.78 bits per heavy atom. The van der Waals surface area contributed by atoms with E-state index in [4.69, 9.17) is 0 Å². The smallest absolute Gasteiger partial charge is 0.131 e. The molecule has 0 aliphatic heterocycles. The summed E-state index contributed by atoms with van der Waals surface area (Å²) in [5.41, 5.74) is 1.58. The lowest BCUT2D eigenvalue weighted by molar-refractivity contribution is 0.593. The van der Waals surface area contributed by atoms with E-state index in [1.165, 1.54) is 12.1 Å². The number of hydrogen-bond acceptors (Lipinski definition) is 1. The molecule has 1 N–H and O–H groups in total. The van der Waals surface area contributed by atoms with Gasteiger partial charge in [-0.25, -0.2) is 8.78 Å². The fourth-order valence-electron chi connectivity index (χ4n) is 1.81. The molecule has 0 aliphatic rings. The molecule has 0 fully saturated rings. The van der Waals surface area contributed by atoms with Gasteiger partial charge in [-0.05, 0) is 24.2 Å². The largest absolute Gasteiger partial charge is 0.313 e. The van der Waals surface area contributed by atoms with Crippen molar-refractivity contribution in [3.8, 4) is 11.1 Å². The number of benzene rings is 2. The van der Waals surface area contributed by atoms with Gasteiger partial charge >= 0.3 is 0 Å². The van der Waals surface area contributed by atoms with Gasteiger partial charge in [0, 0.05) is 17.7 Å². The van der Waals surface area contributed by atoms with E-state index >= 15 is 0 Å². The Morgan fingerprint density at radius 3 is 2.44 bits per heavy atom. The lowest BCUT2D eigenvalue weighted by Crippen LogP contribution is -2.12. The highest BCUT2D eigenvalue weighted by Crippen LogP contribution is 2.24. The summed E-state index contributed by atoms with van der Waals surface area (Å²) < 4.78 is 27.4. The van der Waals surface area contributed by atoms with Crippen LogP contribution in [-0.2, 0) is 6.54 Å². The molecule has 2 rings (SSSR count). The van der Waals surface area contributed by atoms with E-state index in [0.29, 0.717) is 23.2 Å². The number of nitrogens with one attached hydrogen (secondary N) is 1. The van der Waals surface area contributed by atoms with Crippen LogP contribution in [0.15, 0.2) is 42.5 Å². The van der Waals surface area contributed by atoms with Crippen molar-refractivity contribution in [1.82, 2.24) is 5.32 Å². The molecule has 0 heterocycles. The van der Waals surface area contributed by atoms with Crippen LogP contribution in [0.25, 0.3) is 11.1 Å². The lowest BCUT2D eigenvalue weighted by Gasteiger charge is -2.07. The molecule has 0 unspecified atom stereocenters. The molecule has 18 heavy (non-hydrogen) atoms. The Kier molecular flexibility index (Phi) is 4.05. The highest BCUT2D eigenvalue weighted by atomic mass is 19.1. The maximum absolute atomic E-state index is 13.8. The molecule has 0 atom stereocenters. The maximum atomic E-state index is 13.8. The van der Waals surface area contributed by atoms with E-state index in [0.717, 1.165) is 6.54 Å². The first kappa shape index (κ1) is 12.7. The molecule has 0 aliphatic carbocycles. The molecule has 0 aromatic heterocycles. The van der Waals surface area contributed by atoms with Gasteiger partial charge < -0.3 is 5.32 Å². The van der Waals surface area contributed by atoms with Crippen LogP contribution in [0, 0.1) is 11.6 Å². The van der Waals surface area contributed by atoms with E-state index in [2.05, 4.69) is 5.32 Å². The average Bonchev–Trinajstić information content (AvgIpc) is 2.38. The highest BCUT2D eigenvalue weighted by molar-refractivity contribution is 5.64. The summed E-state index contributed by atoms with van der Waals surface area (Å²) in [4.78, 5) is 0. The average molecular weight is 247 g/mol. The first-order chi connectivity index (χ1) is 8.72. The van der Waals surface area contributed by atoms with E-state index in [9.17, 15) is 8.78 Å². The van der Waals surface area contributed by atoms with Crippen molar-refractivity contribution < 1.29 is 8.78 Å². The van der Waals surface area contributed by atoms with Gasteiger partial charge in [0.15, 0.2) is 0 Å². The van der Waals surface area contributed by atoms with Gasteiger partial charge in [0.2, 0.25) is 0 Å². The van der Waals surface area contributed by atoms with Crippen molar-refractivity contribution in [3.05, 3.63) is 59.7 Å². The number of rotatable bonds is 4. The van der Waals surface area contributed by atoms with Gasteiger partial charge in [0.1, 0.15) is 11.6 Å². The summed E-state index contributed by atoms with van der Waals surface area (Å²) >= 11 is 0. The molecule has 0 radical (unpaired) electrons. The van der Waals surface area contributed by atoms with Gasteiger partial charge in [-0.3, -0.25) is 0 Å². The second-order valence-corrected chi connectivity index (χ2v) is 4.07. The van der Waals surface area contributed by atoms with E-state index in [1.807, 2.05) is 6.92 Å². The van der Waals surface area contributed by atoms with Gasteiger partial charge in [-0.1, -0.05) is 37.3 Å². The van der Waals surface area contributed by atoms with Crippen LogP contribution in [0.3, 0.4) is 0 Å². The molecule has 94 valence electrons. The van der Waals surface area contributed by atoms with Crippen LogP contribution in [0.2, 0.25) is 0 Å². The second kappa shape index (κ2) is 5.74. The number of halogens is 2. The second-order valence-electron chi connectivity index (χ2n) is 4.07. The third-order valence-corrected chi connectivity index (χ3v) is 2.80. The molecular formula is C15H15F2N. The summed E-state index contributed by atoms with van der Waals surface area (Å²) in [5.74, 6) is -0.645. The third kappa shape index (κ3) is 2.74. The van der Waals surface area contributed by atoms with Crippen LogP contribution in [0.5, 0.6) is 0 Å². The zero-order valence-corrected chi connectivity index (χ0v) is 10.2. The van der Waals surface area contributed by atoms with E-state index < -0.39 is 0 Å². The van der Waals surface area contributed by atoms with Crippen LogP contribution in [0.4, 0.5) is 8.78 Å². The van der Waals surface area contributed by atoms with E-state index in [1.54, 1.807) is 30.3 Å². The molecule has 0 bridgehead atoms. The van der Waals surface area contributed by atoms with E-state index in [-0.39, 0.29) is 11.6 Å². The molecule has 0 saturated carbocycles. The van der Waals surface area contributed by atoms with Gasteiger partial charge in [-0.2, -0.15) is 0 Å². The minimum atomic E-state index is -0.337. The fourth-order valence-corrected chi connectivity index (χ4v) is 1.81. The molecule has 0 spiro atoms. The summed E-state index contributed by atoms with van der Waals surface area (Å²) in [5, 5.41) is 3.06. The molecule has 2 aromatic carbocycles. The van der Waals surface area contributed by atoms with Crippen molar-refractivity contribution in [2.75, 3.05) is 6.54 Å². The van der Waals surface area contributed by atoms with Crippen LogP contribution < -0.4 is 5.32 Å². The van der Waals surface area contributed by atoms with Crippen LogP contribution >= 0.6 is 0 Å². The Hall–Kier alpha value is -1.74. The lowest BCUT2D eigenvalue weighted by atomic mass is 10.0. The quantitative estimate of drug-likeness (QED) is 0.867. The molecule has 3 heteroatoms. The molecule has 0 amide bonds. The first-order valence-electron chi connectivity index (χ1n) is 5.96. The third-order valence-electron chi connectivity index (χ3n) is 2.80.